The molecule has 1 aliphatic carbocycles. The van der Waals surface area contributed by atoms with Gasteiger partial charge in [-0.25, -0.2) is 0 Å². The molecule has 2 N–H and O–H groups in total. The minimum Gasteiger partial charge on any atom is -0.490 e. The van der Waals surface area contributed by atoms with E-state index in [1.807, 2.05) is 6.20 Å². The Kier molecular flexibility index (Phi) is 3.92. The van der Waals surface area contributed by atoms with Crippen LogP contribution in [0.5, 0.6) is 5.75 Å². The zero-order valence-electron chi connectivity index (χ0n) is 12.3. The number of hydrogen-bond donors (Lipinski definition) is 2. The lowest BCUT2D eigenvalue weighted by Gasteiger charge is -2.29. The Morgan fingerprint density at radius 3 is 2.85 bits per heavy atom. The molecule has 0 aliphatic heterocycles. The van der Waals surface area contributed by atoms with Gasteiger partial charge in [-0.3, -0.25) is 5.10 Å². The highest BCUT2D eigenvalue weighted by Gasteiger charge is 2.22. The fraction of sp³-hybridized carbons (Fsp3) is 0.562. The van der Waals surface area contributed by atoms with Crippen molar-refractivity contribution >= 4 is 10.9 Å². The van der Waals surface area contributed by atoms with E-state index in [1.54, 1.807) is 0 Å². The SMILES string of the molecule is CCNC1CCC(Oc2ccc3[nH]ncc3c2C)CC1. The van der Waals surface area contributed by atoms with E-state index in [1.165, 1.54) is 18.4 Å². The second kappa shape index (κ2) is 5.83. The Morgan fingerprint density at radius 1 is 1.30 bits per heavy atom. The first-order chi connectivity index (χ1) is 9.78. The number of aryl methyl sites for hydroxylation is 1. The van der Waals surface area contributed by atoms with Crippen molar-refractivity contribution in [2.24, 2.45) is 0 Å². The van der Waals surface area contributed by atoms with E-state index in [0.29, 0.717) is 12.1 Å². The van der Waals surface area contributed by atoms with Gasteiger partial charge in [0.2, 0.25) is 0 Å². The van der Waals surface area contributed by atoms with E-state index in [0.717, 1.165) is 36.0 Å². The maximum atomic E-state index is 6.22. The number of benzene rings is 1. The molecule has 4 heteroatoms. The Balaban J connectivity index is 1.66. The maximum absolute atomic E-state index is 6.22. The standard InChI is InChI=1S/C16H23N3O/c1-3-17-12-4-6-13(7-5-12)20-16-9-8-15-14(11(16)2)10-18-19-15/h8-10,12-13,17H,3-7H2,1-2H3,(H,18,19). The summed E-state index contributed by atoms with van der Waals surface area (Å²) in [5.74, 6) is 1.01. The van der Waals surface area contributed by atoms with Crippen LogP contribution in [0.3, 0.4) is 0 Å². The third-order valence-corrected chi connectivity index (χ3v) is 4.30. The van der Waals surface area contributed by atoms with Crippen LogP contribution in [0.4, 0.5) is 0 Å². The van der Waals surface area contributed by atoms with Gasteiger partial charge in [0.1, 0.15) is 5.75 Å². The molecule has 0 amide bonds. The number of ether oxygens (including phenoxy) is 1. The van der Waals surface area contributed by atoms with E-state index in [2.05, 4.69) is 41.5 Å². The van der Waals surface area contributed by atoms with Crippen molar-refractivity contribution in [2.75, 3.05) is 6.54 Å². The van der Waals surface area contributed by atoms with E-state index >= 15 is 0 Å². The topological polar surface area (TPSA) is 49.9 Å². The van der Waals surface area contributed by atoms with Gasteiger partial charge in [0, 0.05) is 17.0 Å². The number of nitrogens with one attached hydrogen (secondary N) is 2. The van der Waals surface area contributed by atoms with Crippen LogP contribution in [0.2, 0.25) is 0 Å². The summed E-state index contributed by atoms with van der Waals surface area (Å²) in [6.45, 7) is 5.34. The Labute approximate surface area is 119 Å². The van der Waals surface area contributed by atoms with Gasteiger partial charge in [0.15, 0.2) is 0 Å². The average Bonchev–Trinajstić information content (AvgIpc) is 2.94. The van der Waals surface area contributed by atoms with Crippen molar-refractivity contribution in [2.45, 2.75) is 51.7 Å². The van der Waals surface area contributed by atoms with Gasteiger partial charge in [-0.05, 0) is 51.3 Å². The quantitative estimate of drug-likeness (QED) is 0.899. The van der Waals surface area contributed by atoms with Crippen LogP contribution in [-0.2, 0) is 0 Å². The van der Waals surface area contributed by atoms with Crippen molar-refractivity contribution in [1.82, 2.24) is 15.5 Å². The number of rotatable bonds is 4. The zero-order valence-corrected chi connectivity index (χ0v) is 12.3. The first-order valence-electron chi connectivity index (χ1n) is 7.60. The minimum atomic E-state index is 0.355. The molecule has 0 radical (unpaired) electrons. The van der Waals surface area contributed by atoms with Gasteiger partial charge in [-0.1, -0.05) is 6.92 Å². The first-order valence-corrected chi connectivity index (χ1v) is 7.60. The van der Waals surface area contributed by atoms with Gasteiger partial charge in [-0.2, -0.15) is 5.10 Å². The van der Waals surface area contributed by atoms with E-state index in [9.17, 15) is 0 Å². The van der Waals surface area contributed by atoms with E-state index in [-0.39, 0.29) is 0 Å². The summed E-state index contributed by atoms with van der Waals surface area (Å²) in [6.07, 6.45) is 6.94. The number of H-pyrrole nitrogens is 1. The van der Waals surface area contributed by atoms with E-state index < -0.39 is 0 Å². The summed E-state index contributed by atoms with van der Waals surface area (Å²) in [5.41, 5.74) is 2.26. The second-order valence-electron chi connectivity index (χ2n) is 5.67. The summed E-state index contributed by atoms with van der Waals surface area (Å²) >= 11 is 0. The molecule has 0 bridgehead atoms. The van der Waals surface area contributed by atoms with Gasteiger partial charge >= 0.3 is 0 Å². The summed E-state index contributed by atoms with van der Waals surface area (Å²) < 4.78 is 6.22. The fourth-order valence-corrected chi connectivity index (χ4v) is 3.12. The highest BCUT2D eigenvalue weighted by Crippen LogP contribution is 2.29. The van der Waals surface area contributed by atoms with E-state index in [4.69, 9.17) is 4.74 Å². The fourth-order valence-electron chi connectivity index (χ4n) is 3.12. The number of fused-ring (bicyclic) bond motifs is 1. The van der Waals surface area contributed by atoms with Crippen molar-refractivity contribution in [3.05, 3.63) is 23.9 Å². The summed E-state index contributed by atoms with van der Waals surface area (Å²) in [7, 11) is 0. The lowest BCUT2D eigenvalue weighted by molar-refractivity contribution is 0.139. The molecule has 1 aliphatic rings. The van der Waals surface area contributed by atoms with Gasteiger partial charge in [-0.15, -0.1) is 0 Å². The predicted octanol–water partition coefficient (Wildman–Crippen LogP) is 3.17. The van der Waals surface area contributed by atoms with Gasteiger partial charge in [0.25, 0.3) is 0 Å². The number of nitrogens with zero attached hydrogens (tertiary/aromatic N) is 1. The molecule has 0 unspecified atom stereocenters. The lowest BCUT2D eigenvalue weighted by Crippen LogP contribution is -2.36. The van der Waals surface area contributed by atoms with Crippen molar-refractivity contribution in [1.29, 1.82) is 0 Å². The molecule has 1 heterocycles. The van der Waals surface area contributed by atoms with Crippen LogP contribution in [0, 0.1) is 6.92 Å². The zero-order chi connectivity index (χ0) is 13.9. The molecule has 2 aromatic rings. The summed E-state index contributed by atoms with van der Waals surface area (Å²) in [5, 5.41) is 11.8. The molecular weight excluding hydrogens is 250 g/mol. The van der Waals surface area contributed by atoms with Crippen LogP contribution >= 0.6 is 0 Å². The summed E-state index contributed by atoms with van der Waals surface area (Å²) in [4.78, 5) is 0. The van der Waals surface area contributed by atoms with Gasteiger partial charge in [0.05, 0.1) is 17.8 Å². The molecule has 3 rings (SSSR count). The maximum Gasteiger partial charge on any atom is 0.123 e. The third kappa shape index (κ3) is 2.66. The van der Waals surface area contributed by atoms with Gasteiger partial charge < -0.3 is 10.1 Å². The van der Waals surface area contributed by atoms with Crippen LogP contribution in [0.15, 0.2) is 18.3 Å². The Morgan fingerprint density at radius 2 is 2.10 bits per heavy atom. The molecule has 0 saturated heterocycles. The van der Waals surface area contributed by atoms with Crippen LogP contribution in [0.1, 0.15) is 38.2 Å². The van der Waals surface area contributed by atoms with Crippen LogP contribution in [0.25, 0.3) is 10.9 Å². The number of aromatic nitrogens is 2. The molecule has 1 saturated carbocycles. The largest absolute Gasteiger partial charge is 0.490 e. The molecule has 1 fully saturated rings. The Bertz CT molecular complexity index is 570. The average molecular weight is 273 g/mol. The normalized spacial score (nSPS) is 23.1. The molecule has 20 heavy (non-hydrogen) atoms. The minimum absolute atomic E-state index is 0.355. The van der Waals surface area contributed by atoms with Crippen molar-refractivity contribution in [3.8, 4) is 5.75 Å². The number of aromatic amines is 1. The first kappa shape index (κ1) is 13.4. The number of hydrogen-bond acceptors (Lipinski definition) is 3. The molecular formula is C16H23N3O. The van der Waals surface area contributed by atoms with Crippen molar-refractivity contribution < 1.29 is 4.74 Å². The monoisotopic (exact) mass is 273 g/mol. The van der Waals surface area contributed by atoms with Crippen LogP contribution < -0.4 is 10.1 Å². The molecule has 0 spiro atoms. The van der Waals surface area contributed by atoms with Crippen LogP contribution in [-0.4, -0.2) is 28.9 Å². The highest BCUT2D eigenvalue weighted by molar-refractivity contribution is 5.83. The second-order valence-corrected chi connectivity index (χ2v) is 5.67. The molecule has 4 nitrogen and oxygen atoms in total. The molecule has 0 atom stereocenters. The molecule has 1 aromatic carbocycles. The lowest BCUT2D eigenvalue weighted by atomic mass is 9.93. The molecule has 108 valence electrons. The summed E-state index contributed by atoms with van der Waals surface area (Å²) in [6, 6.07) is 4.79. The highest BCUT2D eigenvalue weighted by atomic mass is 16.5. The third-order valence-electron chi connectivity index (χ3n) is 4.30. The Hall–Kier alpha value is -1.55. The smallest absolute Gasteiger partial charge is 0.123 e. The predicted molar refractivity (Wildman–Crippen MR) is 81.2 cm³/mol. The van der Waals surface area contributed by atoms with Crippen molar-refractivity contribution in [3.63, 3.8) is 0 Å². The molecule has 1 aromatic heterocycles.